The van der Waals surface area contributed by atoms with Gasteiger partial charge in [0, 0.05) is 44.3 Å². The Morgan fingerprint density at radius 1 is 1.40 bits per heavy atom. The van der Waals surface area contributed by atoms with Crippen LogP contribution in [-0.2, 0) is 4.74 Å². The molecule has 0 saturated carbocycles. The third-order valence-corrected chi connectivity index (χ3v) is 5.58. The van der Waals surface area contributed by atoms with Crippen molar-refractivity contribution in [1.29, 1.82) is 0 Å². The highest BCUT2D eigenvalue weighted by Crippen LogP contribution is 2.32. The highest BCUT2D eigenvalue weighted by molar-refractivity contribution is 5.79. The fourth-order valence-electron chi connectivity index (χ4n) is 3.85. The summed E-state index contributed by atoms with van der Waals surface area (Å²) in [5.41, 5.74) is 0.0103. The van der Waals surface area contributed by atoms with E-state index in [1.807, 2.05) is 0 Å². The predicted molar refractivity (Wildman–Crippen MR) is 103 cm³/mol. The van der Waals surface area contributed by atoms with Crippen molar-refractivity contribution in [3.63, 3.8) is 0 Å². The maximum atomic E-state index is 9.36. The Morgan fingerprint density at radius 2 is 2.24 bits per heavy atom. The summed E-state index contributed by atoms with van der Waals surface area (Å²) in [5, 5.41) is 16.3. The summed E-state index contributed by atoms with van der Waals surface area (Å²) in [6.45, 7) is 13.3. The van der Waals surface area contributed by atoms with Gasteiger partial charge in [0.05, 0.1) is 13.2 Å². The molecule has 0 bridgehead atoms. The van der Waals surface area contributed by atoms with Crippen molar-refractivity contribution in [2.45, 2.75) is 52.5 Å². The van der Waals surface area contributed by atoms with Crippen molar-refractivity contribution in [2.75, 3.05) is 52.5 Å². The van der Waals surface area contributed by atoms with Crippen LogP contribution in [0.4, 0.5) is 0 Å². The minimum absolute atomic E-state index is 0.0103. The number of likely N-dealkylation sites (tertiary alicyclic amines) is 1. The van der Waals surface area contributed by atoms with E-state index in [2.05, 4.69) is 36.3 Å². The largest absolute Gasteiger partial charge is 0.396 e. The zero-order valence-electron chi connectivity index (χ0n) is 16.4. The summed E-state index contributed by atoms with van der Waals surface area (Å²) < 4.78 is 5.57. The number of ether oxygens (including phenoxy) is 1. The SMILES string of the molecule is CCNC(=NCC1(CCO)CCOC1)NCC1CCCN(C(C)C)C1. The zero-order chi connectivity index (χ0) is 18.1. The number of rotatable bonds is 8. The van der Waals surface area contributed by atoms with Crippen LogP contribution in [0.2, 0.25) is 0 Å². The van der Waals surface area contributed by atoms with Gasteiger partial charge in [-0.2, -0.15) is 0 Å². The van der Waals surface area contributed by atoms with Crippen molar-refractivity contribution < 1.29 is 9.84 Å². The fourth-order valence-corrected chi connectivity index (χ4v) is 3.85. The maximum absolute atomic E-state index is 9.36. The number of nitrogens with one attached hydrogen (secondary N) is 2. The summed E-state index contributed by atoms with van der Waals surface area (Å²) >= 11 is 0. The Morgan fingerprint density at radius 3 is 2.88 bits per heavy atom. The number of hydrogen-bond donors (Lipinski definition) is 3. The van der Waals surface area contributed by atoms with E-state index in [9.17, 15) is 5.11 Å². The van der Waals surface area contributed by atoms with Gasteiger partial charge in [0.2, 0.25) is 0 Å². The number of piperidine rings is 1. The molecule has 2 aliphatic rings. The Hall–Kier alpha value is -0.850. The minimum Gasteiger partial charge on any atom is -0.396 e. The summed E-state index contributed by atoms with van der Waals surface area (Å²) in [5.74, 6) is 1.58. The van der Waals surface area contributed by atoms with E-state index >= 15 is 0 Å². The van der Waals surface area contributed by atoms with Crippen LogP contribution in [0.3, 0.4) is 0 Å². The normalized spacial score (nSPS) is 28.5. The molecule has 2 unspecified atom stereocenters. The molecule has 6 nitrogen and oxygen atoms in total. The van der Waals surface area contributed by atoms with E-state index in [1.165, 1.54) is 25.9 Å². The molecule has 0 radical (unpaired) electrons. The van der Waals surface area contributed by atoms with Crippen LogP contribution in [0.5, 0.6) is 0 Å². The van der Waals surface area contributed by atoms with Crippen LogP contribution in [-0.4, -0.2) is 74.6 Å². The molecule has 2 aliphatic heterocycles. The van der Waals surface area contributed by atoms with E-state index in [0.717, 1.165) is 38.5 Å². The summed E-state index contributed by atoms with van der Waals surface area (Å²) in [6.07, 6.45) is 4.33. The molecule has 0 aromatic carbocycles. The van der Waals surface area contributed by atoms with Gasteiger partial charge in [0.15, 0.2) is 5.96 Å². The van der Waals surface area contributed by atoms with E-state index in [1.54, 1.807) is 0 Å². The highest BCUT2D eigenvalue weighted by atomic mass is 16.5. The van der Waals surface area contributed by atoms with Crippen LogP contribution in [0.15, 0.2) is 4.99 Å². The van der Waals surface area contributed by atoms with Gasteiger partial charge in [-0.15, -0.1) is 0 Å². The van der Waals surface area contributed by atoms with Crippen LogP contribution in [0.25, 0.3) is 0 Å². The molecule has 25 heavy (non-hydrogen) atoms. The lowest BCUT2D eigenvalue weighted by molar-refractivity contribution is 0.131. The molecule has 6 heteroatoms. The monoisotopic (exact) mass is 354 g/mol. The molecule has 0 aromatic rings. The Kier molecular flexibility index (Phi) is 8.46. The quantitative estimate of drug-likeness (QED) is 0.455. The number of aliphatic hydroxyl groups excluding tert-OH is 1. The lowest BCUT2D eigenvalue weighted by atomic mass is 9.84. The molecule has 2 fully saturated rings. The van der Waals surface area contributed by atoms with Gasteiger partial charge in [-0.05, 0) is 58.9 Å². The Balaban J connectivity index is 1.86. The molecule has 2 saturated heterocycles. The number of hydrogen-bond acceptors (Lipinski definition) is 4. The van der Waals surface area contributed by atoms with Crippen molar-refractivity contribution in [2.24, 2.45) is 16.3 Å². The molecule has 2 atom stereocenters. The first-order chi connectivity index (χ1) is 12.1. The molecule has 2 rings (SSSR count). The third-order valence-electron chi connectivity index (χ3n) is 5.58. The summed E-state index contributed by atoms with van der Waals surface area (Å²) in [7, 11) is 0. The second-order valence-electron chi connectivity index (χ2n) is 7.95. The first-order valence-corrected chi connectivity index (χ1v) is 10.0. The van der Waals surface area contributed by atoms with Gasteiger partial charge in [-0.1, -0.05) is 0 Å². The van der Waals surface area contributed by atoms with Crippen LogP contribution < -0.4 is 10.6 Å². The second kappa shape index (κ2) is 10.3. The highest BCUT2D eigenvalue weighted by Gasteiger charge is 2.34. The lowest BCUT2D eigenvalue weighted by Gasteiger charge is -2.35. The molecule has 2 heterocycles. The smallest absolute Gasteiger partial charge is 0.191 e. The van der Waals surface area contributed by atoms with Gasteiger partial charge in [0.25, 0.3) is 0 Å². The van der Waals surface area contributed by atoms with Crippen molar-refractivity contribution in [1.82, 2.24) is 15.5 Å². The molecular weight excluding hydrogens is 316 g/mol. The molecule has 3 N–H and O–H groups in total. The molecule has 0 aromatic heterocycles. The minimum atomic E-state index is 0.0103. The molecule has 146 valence electrons. The third kappa shape index (κ3) is 6.42. The van der Waals surface area contributed by atoms with Gasteiger partial charge in [0.1, 0.15) is 0 Å². The molecular formula is C19H38N4O2. The van der Waals surface area contributed by atoms with Crippen molar-refractivity contribution in [3.8, 4) is 0 Å². The van der Waals surface area contributed by atoms with Gasteiger partial charge in [-0.25, -0.2) is 0 Å². The Bertz CT molecular complexity index is 408. The van der Waals surface area contributed by atoms with Crippen molar-refractivity contribution >= 4 is 5.96 Å². The van der Waals surface area contributed by atoms with Gasteiger partial charge in [-0.3, -0.25) is 4.99 Å². The summed E-state index contributed by atoms with van der Waals surface area (Å²) in [6, 6.07) is 0.630. The average molecular weight is 355 g/mol. The lowest BCUT2D eigenvalue weighted by Crippen LogP contribution is -2.46. The fraction of sp³-hybridized carbons (Fsp3) is 0.947. The van der Waals surface area contributed by atoms with Crippen LogP contribution >= 0.6 is 0 Å². The molecule has 0 aliphatic carbocycles. The average Bonchev–Trinajstić information content (AvgIpc) is 3.07. The van der Waals surface area contributed by atoms with Crippen LogP contribution in [0.1, 0.15) is 46.5 Å². The van der Waals surface area contributed by atoms with Crippen molar-refractivity contribution in [3.05, 3.63) is 0 Å². The number of aliphatic imine (C=N–C) groups is 1. The van der Waals surface area contributed by atoms with Crippen LogP contribution in [0, 0.1) is 11.3 Å². The number of nitrogens with zero attached hydrogens (tertiary/aromatic N) is 2. The molecule has 0 amide bonds. The first-order valence-electron chi connectivity index (χ1n) is 10.0. The first kappa shape index (κ1) is 20.5. The zero-order valence-corrected chi connectivity index (χ0v) is 16.4. The number of aliphatic hydroxyl groups is 1. The topological polar surface area (TPSA) is 69.1 Å². The van der Waals surface area contributed by atoms with E-state index in [0.29, 0.717) is 25.1 Å². The van der Waals surface area contributed by atoms with Gasteiger partial charge >= 0.3 is 0 Å². The Labute approximate surface area is 153 Å². The standard InChI is InChI=1S/C19H38N4O2/c1-4-20-18(22-14-19(7-10-24)8-11-25-15-19)21-12-17-6-5-9-23(13-17)16(2)3/h16-17,24H,4-15H2,1-3H3,(H2,20,21,22). The molecule has 0 spiro atoms. The van der Waals surface area contributed by atoms with E-state index in [-0.39, 0.29) is 12.0 Å². The van der Waals surface area contributed by atoms with E-state index < -0.39 is 0 Å². The predicted octanol–water partition coefficient (Wildman–Crippen LogP) is 1.45. The second-order valence-corrected chi connectivity index (χ2v) is 7.95. The van der Waals surface area contributed by atoms with E-state index in [4.69, 9.17) is 9.73 Å². The summed E-state index contributed by atoms with van der Waals surface area (Å²) in [4.78, 5) is 7.39. The number of guanidine groups is 1. The van der Waals surface area contributed by atoms with Gasteiger partial charge < -0.3 is 25.4 Å². The maximum Gasteiger partial charge on any atom is 0.191 e.